The van der Waals surface area contributed by atoms with Crippen molar-refractivity contribution >= 4 is 5.91 Å². The number of rotatable bonds is 2. The number of alkyl halides is 2. The second-order valence-corrected chi connectivity index (χ2v) is 2.52. The SMILES string of the molecule is N#Cc1c(F)cnc(C(F)F)c1C(N)=O. The van der Waals surface area contributed by atoms with E-state index in [1.165, 1.54) is 6.07 Å². The van der Waals surface area contributed by atoms with Crippen LogP contribution in [0.3, 0.4) is 0 Å². The number of nitriles is 1. The van der Waals surface area contributed by atoms with Crippen molar-refractivity contribution in [1.29, 1.82) is 5.26 Å². The van der Waals surface area contributed by atoms with E-state index in [9.17, 15) is 18.0 Å². The highest BCUT2D eigenvalue weighted by molar-refractivity contribution is 5.96. The predicted molar refractivity (Wildman–Crippen MR) is 42.4 cm³/mol. The molecule has 0 atom stereocenters. The molecule has 0 spiro atoms. The van der Waals surface area contributed by atoms with Crippen LogP contribution in [0.2, 0.25) is 0 Å². The third kappa shape index (κ3) is 1.88. The Morgan fingerprint density at radius 3 is 2.60 bits per heavy atom. The number of aromatic nitrogens is 1. The van der Waals surface area contributed by atoms with Crippen LogP contribution in [-0.2, 0) is 0 Å². The highest BCUT2D eigenvalue weighted by atomic mass is 19.3. The maximum atomic E-state index is 12.9. The highest BCUT2D eigenvalue weighted by Gasteiger charge is 2.24. The van der Waals surface area contributed by atoms with Crippen molar-refractivity contribution in [3.63, 3.8) is 0 Å². The summed E-state index contributed by atoms with van der Waals surface area (Å²) in [6.07, 6.45) is -2.65. The molecule has 1 aromatic rings. The van der Waals surface area contributed by atoms with E-state index in [0.29, 0.717) is 6.20 Å². The molecule has 1 aromatic heterocycles. The Labute approximate surface area is 82.1 Å². The molecule has 1 heterocycles. The zero-order valence-corrected chi connectivity index (χ0v) is 7.17. The van der Waals surface area contributed by atoms with E-state index in [0.717, 1.165) is 0 Å². The molecule has 0 bridgehead atoms. The highest BCUT2D eigenvalue weighted by Crippen LogP contribution is 2.24. The number of primary amides is 1. The molecule has 78 valence electrons. The van der Waals surface area contributed by atoms with E-state index in [1.54, 1.807) is 0 Å². The summed E-state index contributed by atoms with van der Waals surface area (Å²) in [6, 6.07) is 1.29. The van der Waals surface area contributed by atoms with Gasteiger partial charge in [-0.1, -0.05) is 0 Å². The molecule has 7 heteroatoms. The minimum atomic E-state index is -3.10. The molecule has 15 heavy (non-hydrogen) atoms. The lowest BCUT2D eigenvalue weighted by atomic mass is 10.1. The average Bonchev–Trinajstić information content (AvgIpc) is 2.16. The average molecular weight is 215 g/mol. The molecule has 0 aliphatic heterocycles. The monoisotopic (exact) mass is 215 g/mol. The number of pyridine rings is 1. The van der Waals surface area contributed by atoms with E-state index in [2.05, 4.69) is 4.98 Å². The number of nitrogens with two attached hydrogens (primary N) is 1. The Bertz CT molecular complexity index is 453. The summed E-state index contributed by atoms with van der Waals surface area (Å²) in [4.78, 5) is 13.8. The van der Waals surface area contributed by atoms with Crippen molar-refractivity contribution < 1.29 is 18.0 Å². The minimum absolute atomic E-state index is 0.451. The number of hydrogen-bond acceptors (Lipinski definition) is 3. The molecule has 4 nitrogen and oxygen atoms in total. The van der Waals surface area contributed by atoms with Crippen LogP contribution in [0.1, 0.15) is 28.0 Å². The Balaban J connectivity index is 3.58. The van der Waals surface area contributed by atoms with Crippen LogP contribution < -0.4 is 5.73 Å². The fraction of sp³-hybridized carbons (Fsp3) is 0.125. The summed E-state index contributed by atoms with van der Waals surface area (Å²) in [5.41, 5.74) is 2.10. The largest absolute Gasteiger partial charge is 0.365 e. The maximum Gasteiger partial charge on any atom is 0.281 e. The zero-order valence-electron chi connectivity index (χ0n) is 7.17. The lowest BCUT2D eigenvalue weighted by Crippen LogP contribution is -2.18. The third-order valence-electron chi connectivity index (χ3n) is 1.63. The first-order valence-corrected chi connectivity index (χ1v) is 3.65. The molecule has 0 aromatic carbocycles. The second-order valence-electron chi connectivity index (χ2n) is 2.52. The summed E-state index contributed by atoms with van der Waals surface area (Å²) in [7, 11) is 0. The third-order valence-corrected chi connectivity index (χ3v) is 1.63. The number of nitrogens with zero attached hydrogens (tertiary/aromatic N) is 2. The van der Waals surface area contributed by atoms with E-state index < -0.39 is 35.0 Å². The molecule has 1 amide bonds. The van der Waals surface area contributed by atoms with Crippen molar-refractivity contribution in [2.24, 2.45) is 5.73 Å². The molecular formula is C8H4F3N3O. The second kappa shape index (κ2) is 3.96. The van der Waals surface area contributed by atoms with Crippen LogP contribution >= 0.6 is 0 Å². The van der Waals surface area contributed by atoms with Crippen LogP contribution in [0.5, 0.6) is 0 Å². The first-order chi connectivity index (χ1) is 6.99. The van der Waals surface area contributed by atoms with Gasteiger partial charge in [0, 0.05) is 0 Å². The van der Waals surface area contributed by atoms with Crippen molar-refractivity contribution in [3.05, 3.63) is 28.8 Å². The smallest absolute Gasteiger partial charge is 0.281 e. The van der Waals surface area contributed by atoms with E-state index in [-0.39, 0.29) is 0 Å². The van der Waals surface area contributed by atoms with Gasteiger partial charge in [-0.15, -0.1) is 0 Å². The quantitative estimate of drug-likeness (QED) is 0.802. The van der Waals surface area contributed by atoms with Gasteiger partial charge in [-0.3, -0.25) is 9.78 Å². The first-order valence-electron chi connectivity index (χ1n) is 3.65. The van der Waals surface area contributed by atoms with Gasteiger partial charge in [-0.05, 0) is 0 Å². The van der Waals surface area contributed by atoms with Gasteiger partial charge in [-0.25, -0.2) is 13.2 Å². The Hall–Kier alpha value is -2.10. The molecular weight excluding hydrogens is 211 g/mol. The van der Waals surface area contributed by atoms with Crippen molar-refractivity contribution in [1.82, 2.24) is 4.98 Å². The number of amides is 1. The van der Waals surface area contributed by atoms with Crippen LogP contribution in [0.25, 0.3) is 0 Å². The van der Waals surface area contributed by atoms with E-state index >= 15 is 0 Å². The van der Waals surface area contributed by atoms with Crippen LogP contribution in [0, 0.1) is 17.1 Å². The topological polar surface area (TPSA) is 79.8 Å². The molecule has 0 aliphatic carbocycles. The van der Waals surface area contributed by atoms with Gasteiger partial charge in [-0.2, -0.15) is 5.26 Å². The number of hydrogen-bond donors (Lipinski definition) is 1. The molecule has 0 fully saturated rings. The Morgan fingerprint density at radius 1 is 1.60 bits per heavy atom. The lowest BCUT2D eigenvalue weighted by molar-refractivity contribution is 0.0981. The van der Waals surface area contributed by atoms with Crippen LogP contribution in [0.15, 0.2) is 6.20 Å². The first kappa shape index (κ1) is 11.0. The summed E-state index contributed by atoms with van der Waals surface area (Å²) >= 11 is 0. The Kier molecular flexibility index (Phi) is 2.90. The lowest BCUT2D eigenvalue weighted by Gasteiger charge is -2.06. The molecule has 0 radical (unpaired) electrons. The van der Waals surface area contributed by atoms with Gasteiger partial charge in [0.25, 0.3) is 12.3 Å². The standard InChI is InChI=1S/C8H4F3N3O/c9-4-2-14-6(7(10)11)5(8(13)15)3(4)1-12/h2,7H,(H2,13,15). The van der Waals surface area contributed by atoms with Gasteiger partial charge in [0.15, 0.2) is 5.82 Å². The molecule has 1 rings (SSSR count). The van der Waals surface area contributed by atoms with Gasteiger partial charge in [0.2, 0.25) is 0 Å². The summed E-state index contributed by atoms with van der Waals surface area (Å²) in [5, 5.41) is 8.48. The van der Waals surface area contributed by atoms with Crippen molar-refractivity contribution in [3.8, 4) is 6.07 Å². The van der Waals surface area contributed by atoms with Gasteiger partial charge in [0.1, 0.15) is 17.3 Å². The summed E-state index contributed by atoms with van der Waals surface area (Å²) in [6.45, 7) is 0. The molecule has 2 N–H and O–H groups in total. The summed E-state index contributed by atoms with van der Waals surface area (Å²) < 4.78 is 37.6. The molecule has 0 unspecified atom stereocenters. The van der Waals surface area contributed by atoms with Gasteiger partial charge >= 0.3 is 0 Å². The number of carbonyl (C=O) groups excluding carboxylic acids is 1. The normalized spacial score (nSPS) is 10.1. The number of halogens is 3. The minimum Gasteiger partial charge on any atom is -0.365 e. The molecule has 0 aliphatic rings. The van der Waals surface area contributed by atoms with Crippen LogP contribution in [-0.4, -0.2) is 10.9 Å². The van der Waals surface area contributed by atoms with Gasteiger partial charge in [0.05, 0.1) is 11.8 Å². The predicted octanol–water partition coefficient (Wildman–Crippen LogP) is 1.13. The van der Waals surface area contributed by atoms with Crippen molar-refractivity contribution in [2.75, 3.05) is 0 Å². The fourth-order valence-corrected chi connectivity index (χ4v) is 1.03. The van der Waals surface area contributed by atoms with E-state index in [1.807, 2.05) is 0 Å². The van der Waals surface area contributed by atoms with E-state index in [4.69, 9.17) is 11.0 Å². The van der Waals surface area contributed by atoms with Gasteiger partial charge < -0.3 is 5.73 Å². The summed E-state index contributed by atoms with van der Waals surface area (Å²) in [5.74, 6) is -2.47. The fourth-order valence-electron chi connectivity index (χ4n) is 1.03. The molecule has 0 saturated heterocycles. The maximum absolute atomic E-state index is 12.9. The Morgan fingerprint density at radius 2 is 2.20 bits per heavy atom. The zero-order chi connectivity index (χ0) is 11.6. The number of carbonyl (C=O) groups is 1. The van der Waals surface area contributed by atoms with Crippen LogP contribution in [0.4, 0.5) is 13.2 Å². The molecule has 0 saturated carbocycles. The van der Waals surface area contributed by atoms with Crippen molar-refractivity contribution in [2.45, 2.75) is 6.43 Å².